The zero-order chi connectivity index (χ0) is 11.9. The number of fused-ring (bicyclic) bond motifs is 2. The van der Waals surface area contributed by atoms with Crippen LogP contribution >= 0.6 is 11.6 Å². The van der Waals surface area contributed by atoms with Gasteiger partial charge in [0.25, 0.3) is 0 Å². The van der Waals surface area contributed by atoms with E-state index in [1.165, 1.54) is 37.7 Å². The Labute approximate surface area is 107 Å². The van der Waals surface area contributed by atoms with Crippen molar-refractivity contribution in [1.82, 2.24) is 0 Å². The Morgan fingerprint density at radius 1 is 1.06 bits per heavy atom. The highest BCUT2D eigenvalue weighted by Gasteiger charge is 2.39. The molecule has 0 N–H and O–H groups in total. The van der Waals surface area contributed by atoms with E-state index >= 15 is 0 Å². The molecule has 2 aliphatic carbocycles. The smallest absolute Gasteiger partial charge is 0.163 e. The van der Waals surface area contributed by atoms with Gasteiger partial charge in [-0.3, -0.25) is 4.79 Å². The Morgan fingerprint density at radius 3 is 2.59 bits per heavy atom. The Morgan fingerprint density at radius 2 is 1.82 bits per heavy atom. The number of benzene rings is 1. The summed E-state index contributed by atoms with van der Waals surface area (Å²) < 4.78 is 0. The summed E-state index contributed by atoms with van der Waals surface area (Å²) in [7, 11) is 0. The first-order chi connectivity index (χ1) is 8.21. The predicted octanol–water partition coefficient (Wildman–Crippen LogP) is 4.52. The molecule has 0 atom stereocenters. The molecule has 0 heterocycles. The van der Waals surface area contributed by atoms with Crippen LogP contribution in [0.25, 0.3) is 0 Å². The van der Waals surface area contributed by atoms with Gasteiger partial charge in [-0.25, -0.2) is 0 Å². The molecule has 3 rings (SSSR count). The molecule has 1 saturated carbocycles. The van der Waals surface area contributed by atoms with Gasteiger partial charge in [0.2, 0.25) is 0 Å². The van der Waals surface area contributed by atoms with E-state index in [-0.39, 0.29) is 5.41 Å². The van der Waals surface area contributed by atoms with Crippen LogP contribution < -0.4 is 0 Å². The average Bonchev–Trinajstić information content (AvgIpc) is 2.36. The molecule has 1 spiro atoms. The quantitative estimate of drug-likeness (QED) is 0.660. The zero-order valence-electron chi connectivity index (χ0n) is 9.97. The fourth-order valence-corrected chi connectivity index (χ4v) is 3.74. The van der Waals surface area contributed by atoms with E-state index in [2.05, 4.69) is 0 Å². The Balaban J connectivity index is 2.12. The minimum atomic E-state index is 0.256. The SMILES string of the molecule is O=C1CCC2(CCCCC2)c2cc(Cl)ccc21. The van der Waals surface area contributed by atoms with Crippen molar-refractivity contribution in [3.05, 3.63) is 34.3 Å². The number of rotatable bonds is 0. The van der Waals surface area contributed by atoms with Gasteiger partial charge < -0.3 is 0 Å². The average molecular weight is 249 g/mol. The monoisotopic (exact) mass is 248 g/mol. The molecule has 90 valence electrons. The summed E-state index contributed by atoms with van der Waals surface area (Å²) in [5, 5.41) is 0.767. The summed E-state index contributed by atoms with van der Waals surface area (Å²) in [6.07, 6.45) is 8.13. The van der Waals surface area contributed by atoms with Gasteiger partial charge in [0, 0.05) is 17.0 Å². The standard InChI is InChI=1S/C15H17ClO/c16-11-4-5-12-13(10-11)15(9-6-14(12)17)7-2-1-3-8-15/h4-5,10H,1-3,6-9H2. The van der Waals surface area contributed by atoms with Crippen LogP contribution in [0, 0.1) is 0 Å². The second-order valence-corrected chi connectivity index (χ2v) is 5.89. The van der Waals surface area contributed by atoms with Crippen molar-refractivity contribution in [2.45, 2.75) is 50.4 Å². The molecular weight excluding hydrogens is 232 g/mol. The van der Waals surface area contributed by atoms with E-state index in [4.69, 9.17) is 11.6 Å². The molecule has 2 aliphatic rings. The first kappa shape index (κ1) is 11.3. The highest BCUT2D eigenvalue weighted by molar-refractivity contribution is 6.30. The fraction of sp³-hybridized carbons (Fsp3) is 0.533. The lowest BCUT2D eigenvalue weighted by Gasteiger charge is -2.41. The van der Waals surface area contributed by atoms with Crippen LogP contribution in [-0.2, 0) is 5.41 Å². The van der Waals surface area contributed by atoms with Gasteiger partial charge in [-0.1, -0.05) is 30.9 Å². The maximum Gasteiger partial charge on any atom is 0.163 e. The van der Waals surface area contributed by atoms with Crippen molar-refractivity contribution >= 4 is 17.4 Å². The van der Waals surface area contributed by atoms with E-state index in [1.54, 1.807) is 0 Å². The van der Waals surface area contributed by atoms with Gasteiger partial charge in [0.05, 0.1) is 0 Å². The van der Waals surface area contributed by atoms with Gasteiger partial charge in [-0.15, -0.1) is 0 Å². The molecule has 1 fully saturated rings. The largest absolute Gasteiger partial charge is 0.294 e. The van der Waals surface area contributed by atoms with Crippen molar-refractivity contribution in [2.24, 2.45) is 0 Å². The molecule has 0 bridgehead atoms. The Kier molecular flexibility index (Phi) is 2.74. The maximum atomic E-state index is 12.0. The van der Waals surface area contributed by atoms with Crippen LogP contribution in [0.4, 0.5) is 0 Å². The lowest BCUT2D eigenvalue weighted by Crippen LogP contribution is -2.35. The fourth-order valence-electron chi connectivity index (χ4n) is 3.57. The number of hydrogen-bond donors (Lipinski definition) is 0. The number of hydrogen-bond acceptors (Lipinski definition) is 1. The molecule has 2 heteroatoms. The molecule has 1 aromatic carbocycles. The summed E-state index contributed by atoms with van der Waals surface area (Å²) >= 11 is 6.12. The minimum Gasteiger partial charge on any atom is -0.294 e. The van der Waals surface area contributed by atoms with E-state index in [0.717, 1.165) is 17.0 Å². The van der Waals surface area contributed by atoms with E-state index < -0.39 is 0 Å². The van der Waals surface area contributed by atoms with Crippen LogP contribution in [0.3, 0.4) is 0 Å². The number of halogens is 1. The first-order valence-electron chi connectivity index (χ1n) is 6.55. The third kappa shape index (κ3) is 1.81. The maximum absolute atomic E-state index is 12.0. The highest BCUT2D eigenvalue weighted by Crippen LogP contribution is 2.47. The molecule has 0 radical (unpaired) electrons. The first-order valence-corrected chi connectivity index (χ1v) is 6.92. The van der Waals surface area contributed by atoms with E-state index in [9.17, 15) is 4.79 Å². The van der Waals surface area contributed by atoms with Crippen molar-refractivity contribution in [2.75, 3.05) is 0 Å². The zero-order valence-corrected chi connectivity index (χ0v) is 10.7. The summed E-state index contributed by atoms with van der Waals surface area (Å²) in [4.78, 5) is 12.0. The molecule has 0 amide bonds. The summed E-state index contributed by atoms with van der Waals surface area (Å²) in [5.74, 6) is 0.299. The second-order valence-electron chi connectivity index (χ2n) is 5.45. The van der Waals surface area contributed by atoms with Gasteiger partial charge in [-0.05, 0) is 48.4 Å². The molecule has 1 nitrogen and oxygen atoms in total. The third-order valence-corrected chi connectivity index (χ3v) is 4.73. The third-order valence-electron chi connectivity index (χ3n) is 4.49. The normalized spacial score (nSPS) is 22.5. The summed E-state index contributed by atoms with van der Waals surface area (Å²) in [6.45, 7) is 0. The van der Waals surface area contributed by atoms with Gasteiger partial charge in [-0.2, -0.15) is 0 Å². The van der Waals surface area contributed by atoms with E-state index in [1.807, 2.05) is 18.2 Å². The molecule has 1 aromatic rings. The van der Waals surface area contributed by atoms with Gasteiger partial charge in [0.1, 0.15) is 0 Å². The van der Waals surface area contributed by atoms with Gasteiger partial charge in [0.15, 0.2) is 5.78 Å². The van der Waals surface area contributed by atoms with Crippen LogP contribution in [0.5, 0.6) is 0 Å². The Bertz CT molecular complexity index is 458. The van der Waals surface area contributed by atoms with E-state index in [0.29, 0.717) is 12.2 Å². The van der Waals surface area contributed by atoms with Gasteiger partial charge >= 0.3 is 0 Å². The van der Waals surface area contributed by atoms with Crippen molar-refractivity contribution in [3.8, 4) is 0 Å². The number of carbonyl (C=O) groups excluding carboxylic acids is 1. The molecule has 0 aromatic heterocycles. The van der Waals surface area contributed by atoms with Crippen molar-refractivity contribution in [1.29, 1.82) is 0 Å². The lowest BCUT2D eigenvalue weighted by molar-refractivity contribution is 0.0939. The highest BCUT2D eigenvalue weighted by atomic mass is 35.5. The van der Waals surface area contributed by atoms with Crippen LogP contribution in [0.1, 0.15) is 60.9 Å². The lowest BCUT2D eigenvalue weighted by atomic mass is 9.62. The summed E-state index contributed by atoms with van der Waals surface area (Å²) in [5.41, 5.74) is 2.43. The number of carbonyl (C=O) groups is 1. The minimum absolute atomic E-state index is 0.256. The molecule has 0 unspecified atom stereocenters. The molecule has 0 saturated heterocycles. The van der Waals surface area contributed by atoms with Crippen LogP contribution in [-0.4, -0.2) is 5.78 Å². The van der Waals surface area contributed by atoms with Crippen LogP contribution in [0.2, 0.25) is 5.02 Å². The number of Topliss-reactive ketones (excluding diaryl/α,β-unsaturated/α-hetero) is 1. The predicted molar refractivity (Wildman–Crippen MR) is 69.8 cm³/mol. The number of ketones is 1. The Hall–Kier alpha value is -0.820. The van der Waals surface area contributed by atoms with Crippen molar-refractivity contribution in [3.63, 3.8) is 0 Å². The molecule has 17 heavy (non-hydrogen) atoms. The summed E-state index contributed by atoms with van der Waals surface area (Å²) in [6, 6.07) is 5.81. The second kappa shape index (κ2) is 4.13. The van der Waals surface area contributed by atoms with Crippen LogP contribution in [0.15, 0.2) is 18.2 Å². The molecule has 0 aliphatic heterocycles. The molecular formula is C15H17ClO. The van der Waals surface area contributed by atoms with Crippen molar-refractivity contribution < 1.29 is 4.79 Å². The topological polar surface area (TPSA) is 17.1 Å².